The summed E-state index contributed by atoms with van der Waals surface area (Å²) >= 11 is 2.43. The number of halogens is 1. The van der Waals surface area contributed by atoms with Gasteiger partial charge in [-0.25, -0.2) is 0 Å². The highest BCUT2D eigenvalue weighted by Crippen LogP contribution is 2.21. The normalized spacial score (nSPS) is 10.7. The molecule has 0 aliphatic heterocycles. The van der Waals surface area contributed by atoms with Gasteiger partial charge in [-0.15, -0.1) is 0 Å². The third-order valence-corrected chi connectivity index (χ3v) is 3.09. The molecule has 1 nitrogen and oxygen atoms in total. The van der Waals surface area contributed by atoms with Gasteiger partial charge in [0.25, 0.3) is 0 Å². The Labute approximate surface area is 88.1 Å². The summed E-state index contributed by atoms with van der Waals surface area (Å²) in [6.07, 6.45) is 2.41. The predicted molar refractivity (Wildman–Crippen MR) is 62.0 cm³/mol. The molecule has 1 rings (SSSR count). The van der Waals surface area contributed by atoms with E-state index in [9.17, 15) is 0 Å². The van der Waals surface area contributed by atoms with Crippen LogP contribution in [0.4, 0.5) is 0 Å². The van der Waals surface area contributed by atoms with E-state index in [4.69, 9.17) is 0 Å². The maximum absolute atomic E-state index is 3.46. The van der Waals surface area contributed by atoms with Crippen LogP contribution >= 0.6 is 22.6 Å². The van der Waals surface area contributed by atoms with Gasteiger partial charge in [-0.3, -0.25) is 0 Å². The number of alkyl halides is 1. The monoisotopic (exact) mass is 277 g/mol. The molecule has 0 aliphatic rings. The molecular formula is C10H16IN. The van der Waals surface area contributed by atoms with Crippen molar-refractivity contribution < 1.29 is 0 Å². The van der Waals surface area contributed by atoms with E-state index < -0.39 is 0 Å². The van der Waals surface area contributed by atoms with Crippen molar-refractivity contribution >= 4 is 22.6 Å². The van der Waals surface area contributed by atoms with Gasteiger partial charge < -0.3 is 4.98 Å². The largest absolute Gasteiger partial charge is 0.362 e. The SMILES string of the molecule is CCCc1[nH]c(C)c(CI)c1C. The van der Waals surface area contributed by atoms with Crippen LogP contribution < -0.4 is 0 Å². The quantitative estimate of drug-likeness (QED) is 0.642. The second kappa shape index (κ2) is 4.30. The van der Waals surface area contributed by atoms with E-state index in [1.54, 1.807) is 0 Å². The fourth-order valence-corrected chi connectivity index (χ4v) is 2.70. The summed E-state index contributed by atoms with van der Waals surface area (Å²) in [4.78, 5) is 3.46. The first-order valence-corrected chi connectivity index (χ1v) is 5.96. The third kappa shape index (κ3) is 1.84. The lowest BCUT2D eigenvalue weighted by Crippen LogP contribution is -1.86. The summed E-state index contributed by atoms with van der Waals surface area (Å²) in [5, 5.41) is 0. The Morgan fingerprint density at radius 1 is 1.33 bits per heavy atom. The van der Waals surface area contributed by atoms with Gasteiger partial charge in [-0.2, -0.15) is 0 Å². The topological polar surface area (TPSA) is 15.8 Å². The van der Waals surface area contributed by atoms with Crippen LogP contribution in [0, 0.1) is 13.8 Å². The lowest BCUT2D eigenvalue weighted by molar-refractivity contribution is 0.880. The molecule has 2 heteroatoms. The second-order valence-electron chi connectivity index (χ2n) is 3.22. The smallest absolute Gasteiger partial charge is 0.0267 e. The molecule has 0 atom stereocenters. The lowest BCUT2D eigenvalue weighted by atomic mass is 10.1. The van der Waals surface area contributed by atoms with Gasteiger partial charge in [0.2, 0.25) is 0 Å². The Morgan fingerprint density at radius 3 is 2.42 bits per heavy atom. The van der Waals surface area contributed by atoms with Crippen molar-refractivity contribution in [1.82, 2.24) is 4.98 Å². The Hall–Kier alpha value is 0.01000. The number of aromatic nitrogens is 1. The third-order valence-electron chi connectivity index (χ3n) is 2.33. The van der Waals surface area contributed by atoms with Crippen LogP contribution in [0.1, 0.15) is 35.9 Å². The van der Waals surface area contributed by atoms with Gasteiger partial charge in [-0.1, -0.05) is 35.9 Å². The standard InChI is InChI=1S/C10H16IN/c1-4-5-10-7(2)9(6-11)8(3)12-10/h12H,4-6H2,1-3H3. The van der Waals surface area contributed by atoms with Gasteiger partial charge in [0, 0.05) is 15.8 Å². The van der Waals surface area contributed by atoms with Crippen molar-refractivity contribution in [2.75, 3.05) is 0 Å². The molecule has 0 radical (unpaired) electrons. The molecule has 0 aliphatic carbocycles. The van der Waals surface area contributed by atoms with E-state index in [0.29, 0.717) is 0 Å². The minimum Gasteiger partial charge on any atom is -0.362 e. The van der Waals surface area contributed by atoms with Crippen molar-refractivity contribution in [3.8, 4) is 0 Å². The molecule has 1 aromatic rings. The van der Waals surface area contributed by atoms with Crippen molar-refractivity contribution in [2.24, 2.45) is 0 Å². The van der Waals surface area contributed by atoms with E-state index in [-0.39, 0.29) is 0 Å². The van der Waals surface area contributed by atoms with Gasteiger partial charge >= 0.3 is 0 Å². The maximum atomic E-state index is 3.46. The average molecular weight is 277 g/mol. The van der Waals surface area contributed by atoms with E-state index >= 15 is 0 Å². The van der Waals surface area contributed by atoms with E-state index in [1.165, 1.54) is 35.4 Å². The molecule has 0 fully saturated rings. The Morgan fingerprint density at radius 2 is 2.00 bits per heavy atom. The van der Waals surface area contributed by atoms with E-state index in [0.717, 1.165) is 4.43 Å². The predicted octanol–water partition coefficient (Wildman–Crippen LogP) is 3.52. The molecular weight excluding hydrogens is 261 g/mol. The zero-order chi connectivity index (χ0) is 9.14. The van der Waals surface area contributed by atoms with E-state index in [2.05, 4.69) is 48.3 Å². The fourth-order valence-electron chi connectivity index (χ4n) is 1.56. The molecule has 0 saturated carbocycles. The number of aromatic amines is 1. The number of H-pyrrole nitrogens is 1. The summed E-state index contributed by atoms with van der Waals surface area (Å²) < 4.78 is 1.12. The maximum Gasteiger partial charge on any atom is 0.0267 e. The Kier molecular flexibility index (Phi) is 3.62. The Balaban J connectivity index is 3.00. The van der Waals surface area contributed by atoms with Crippen molar-refractivity contribution in [3.63, 3.8) is 0 Å². The van der Waals surface area contributed by atoms with Crippen LogP contribution in [-0.4, -0.2) is 4.98 Å². The molecule has 0 aromatic carbocycles. The molecule has 1 N–H and O–H groups in total. The summed E-state index contributed by atoms with van der Waals surface area (Å²) in [6.45, 7) is 6.61. The van der Waals surface area contributed by atoms with Crippen LogP contribution in [0.5, 0.6) is 0 Å². The van der Waals surface area contributed by atoms with Crippen LogP contribution in [0.15, 0.2) is 0 Å². The summed E-state index contributed by atoms with van der Waals surface area (Å²) in [5.74, 6) is 0. The van der Waals surface area contributed by atoms with Crippen molar-refractivity contribution in [2.45, 2.75) is 38.0 Å². The number of hydrogen-bond acceptors (Lipinski definition) is 0. The molecule has 0 unspecified atom stereocenters. The highest BCUT2D eigenvalue weighted by atomic mass is 127. The number of nitrogens with one attached hydrogen (secondary N) is 1. The zero-order valence-electron chi connectivity index (χ0n) is 8.00. The first-order valence-electron chi connectivity index (χ1n) is 4.43. The van der Waals surface area contributed by atoms with Crippen LogP contribution in [0.2, 0.25) is 0 Å². The van der Waals surface area contributed by atoms with Crippen molar-refractivity contribution in [3.05, 3.63) is 22.5 Å². The highest BCUT2D eigenvalue weighted by molar-refractivity contribution is 14.1. The minimum absolute atomic E-state index is 1.12. The Bertz CT molecular complexity index is 263. The molecule has 68 valence electrons. The average Bonchev–Trinajstić information content (AvgIpc) is 2.29. The van der Waals surface area contributed by atoms with Crippen LogP contribution in [0.3, 0.4) is 0 Å². The second-order valence-corrected chi connectivity index (χ2v) is 3.98. The first-order chi connectivity index (χ1) is 5.70. The molecule has 1 heterocycles. The summed E-state index contributed by atoms with van der Waals surface area (Å²) in [5.41, 5.74) is 5.76. The number of aryl methyl sites for hydroxylation is 2. The number of rotatable bonds is 3. The molecule has 0 amide bonds. The molecule has 0 spiro atoms. The minimum atomic E-state index is 1.12. The lowest BCUT2D eigenvalue weighted by Gasteiger charge is -1.97. The first kappa shape index (κ1) is 10.1. The van der Waals surface area contributed by atoms with Crippen molar-refractivity contribution in [1.29, 1.82) is 0 Å². The molecule has 12 heavy (non-hydrogen) atoms. The van der Waals surface area contributed by atoms with Gasteiger partial charge in [0.05, 0.1) is 0 Å². The van der Waals surface area contributed by atoms with Crippen LogP contribution in [-0.2, 0) is 10.8 Å². The molecule has 0 saturated heterocycles. The summed E-state index contributed by atoms with van der Waals surface area (Å²) in [6, 6.07) is 0. The summed E-state index contributed by atoms with van der Waals surface area (Å²) in [7, 11) is 0. The zero-order valence-corrected chi connectivity index (χ0v) is 10.2. The van der Waals surface area contributed by atoms with E-state index in [1.807, 2.05) is 0 Å². The van der Waals surface area contributed by atoms with Gasteiger partial charge in [0.15, 0.2) is 0 Å². The molecule has 1 aromatic heterocycles. The molecule has 0 bridgehead atoms. The number of hydrogen-bond donors (Lipinski definition) is 1. The van der Waals surface area contributed by atoms with Gasteiger partial charge in [-0.05, 0) is 31.4 Å². The van der Waals surface area contributed by atoms with Crippen LogP contribution in [0.25, 0.3) is 0 Å². The fraction of sp³-hybridized carbons (Fsp3) is 0.600. The van der Waals surface area contributed by atoms with Gasteiger partial charge in [0.1, 0.15) is 0 Å². The highest BCUT2D eigenvalue weighted by Gasteiger charge is 2.08.